The molecule has 2 rings (SSSR count). The standard InChI is InChI=1S/2C8H7Br2N3OS.2Cu.H2O4S.6H2O/c2*9-5-1-4(3-12-13-8(11)15)7(14)6(10)2-5;;;1-5(2,3)4;;;;;;/h2*1-3,14H,(H3,11,13,15);;;(H2,1,2,3,4);6*1H2/q;;2*+2;;;;;;;/p-4/b2*12-3+;;;;;;;;;. The molecule has 0 heterocycles. The largest absolute Gasteiger partial charge is 2.00 e. The second-order valence-electron chi connectivity index (χ2n) is 5.49. The molecule has 0 aliphatic carbocycles. The van der Waals surface area contributed by atoms with Gasteiger partial charge in [0.1, 0.15) is 0 Å². The average Bonchev–Trinajstić information content (AvgIpc) is 2.68. The SMILES string of the molecule is NC(=S)N/N=C/c1cc(Br)cc(Br)c1[O-].NC(=S)N/N=C/c1cc(Br)cc(Br)c1[O-].O.O.O.O.O.O.O=S(=O)([O-])[O-].[Cu+2].[Cu+2]. The molecule has 2 aromatic rings. The fraction of sp³-hybridized carbons (Fsp3) is 0. The maximum absolute atomic E-state index is 11.5. The molecule has 0 amide bonds. The molecule has 27 heteroatoms. The van der Waals surface area contributed by atoms with Gasteiger partial charge < -0.3 is 63.6 Å². The van der Waals surface area contributed by atoms with Crippen LogP contribution < -0.4 is 32.5 Å². The number of hydrazone groups is 2. The van der Waals surface area contributed by atoms with Gasteiger partial charge in [0.05, 0.1) is 12.4 Å². The minimum absolute atomic E-state index is 0. The molecule has 2 aromatic carbocycles. The molecule has 18 nitrogen and oxygen atoms in total. The number of nitrogens with one attached hydrogen (secondary N) is 2. The van der Waals surface area contributed by atoms with Gasteiger partial charge in [-0.25, -0.2) is 0 Å². The van der Waals surface area contributed by atoms with Crippen molar-refractivity contribution in [1.82, 2.24) is 10.9 Å². The van der Waals surface area contributed by atoms with Crippen LogP contribution >= 0.6 is 88.2 Å². The van der Waals surface area contributed by atoms with Crippen molar-refractivity contribution < 1.29 is 94.7 Å². The van der Waals surface area contributed by atoms with Crippen LogP contribution in [-0.2, 0) is 44.5 Å². The number of thiocarbonyl (C=S) groups is 2. The predicted octanol–water partition coefficient (Wildman–Crippen LogP) is -3.39. The summed E-state index contributed by atoms with van der Waals surface area (Å²) >= 11 is 21.9. The van der Waals surface area contributed by atoms with Gasteiger partial charge in [-0.2, -0.15) is 10.2 Å². The number of halogens is 4. The average molecular weight is 1040 g/mol. The smallest absolute Gasteiger partial charge is 0.871 e. The third-order valence-electron chi connectivity index (χ3n) is 2.83. The zero-order valence-corrected chi connectivity index (χ0v) is 31.0. The molecule has 0 fully saturated rings. The first-order chi connectivity index (χ1) is 16.0. The van der Waals surface area contributed by atoms with Gasteiger partial charge in [0.15, 0.2) is 10.2 Å². The van der Waals surface area contributed by atoms with Crippen molar-refractivity contribution in [2.75, 3.05) is 0 Å². The van der Waals surface area contributed by atoms with Gasteiger partial charge in [0.25, 0.3) is 0 Å². The van der Waals surface area contributed by atoms with Gasteiger partial charge in [-0.15, -0.1) is 0 Å². The Morgan fingerprint density at radius 2 is 0.930 bits per heavy atom. The van der Waals surface area contributed by atoms with E-state index in [2.05, 4.69) is 109 Å². The van der Waals surface area contributed by atoms with E-state index in [1.807, 2.05) is 0 Å². The summed E-state index contributed by atoms with van der Waals surface area (Å²) in [6.45, 7) is 0. The maximum atomic E-state index is 11.5. The minimum atomic E-state index is -5.17. The van der Waals surface area contributed by atoms with Gasteiger partial charge in [0.2, 0.25) is 0 Å². The fourth-order valence-electron chi connectivity index (χ4n) is 1.68. The third kappa shape index (κ3) is 34.1. The number of hydrogen-bond acceptors (Lipinski definition) is 10. The van der Waals surface area contributed by atoms with E-state index in [1.54, 1.807) is 24.3 Å². The van der Waals surface area contributed by atoms with Gasteiger partial charge in [-0.3, -0.25) is 19.3 Å². The van der Waals surface area contributed by atoms with Crippen molar-refractivity contribution in [3.8, 4) is 11.5 Å². The predicted molar refractivity (Wildman–Crippen MR) is 170 cm³/mol. The van der Waals surface area contributed by atoms with E-state index >= 15 is 0 Å². The van der Waals surface area contributed by atoms with Crippen LogP contribution in [0.2, 0.25) is 0 Å². The van der Waals surface area contributed by atoms with Crippen LogP contribution in [0.4, 0.5) is 0 Å². The topological polar surface area (TPSA) is 416 Å². The van der Waals surface area contributed by atoms with E-state index in [1.165, 1.54) is 12.4 Å². The Morgan fingerprint density at radius 1 is 0.698 bits per heavy atom. The summed E-state index contributed by atoms with van der Waals surface area (Å²) < 4.78 is 36.6. The maximum Gasteiger partial charge on any atom is 2.00 e. The Kier molecular flexibility index (Phi) is 49.6. The summed E-state index contributed by atoms with van der Waals surface area (Å²) in [5, 5.41) is 30.6. The molecule has 0 bridgehead atoms. The summed E-state index contributed by atoms with van der Waals surface area (Å²) in [4.78, 5) is 0. The van der Waals surface area contributed by atoms with E-state index in [0.717, 1.165) is 8.95 Å². The molecule has 0 saturated carbocycles. The van der Waals surface area contributed by atoms with Gasteiger partial charge in [-0.1, -0.05) is 75.2 Å². The molecule has 0 saturated heterocycles. The number of hydrogen-bond donors (Lipinski definition) is 4. The molecule has 0 aliphatic rings. The van der Waals surface area contributed by atoms with E-state index in [-0.39, 0.29) is 88.7 Å². The van der Waals surface area contributed by atoms with Crippen molar-refractivity contribution in [3.63, 3.8) is 0 Å². The molecule has 258 valence electrons. The normalized spacial score (nSPS) is 8.70. The van der Waals surface area contributed by atoms with Crippen LogP contribution in [0.3, 0.4) is 0 Å². The second-order valence-corrected chi connectivity index (χ2v) is 10.7. The van der Waals surface area contributed by atoms with Crippen LogP contribution in [0.5, 0.6) is 11.5 Å². The Balaban J connectivity index is -0.0000000572. The van der Waals surface area contributed by atoms with Crippen molar-refractivity contribution >= 4 is 121 Å². The summed E-state index contributed by atoms with van der Waals surface area (Å²) in [6, 6.07) is 6.64. The zero-order valence-electron chi connectivity index (χ0n) is 20.3. The van der Waals surface area contributed by atoms with Crippen LogP contribution in [0.1, 0.15) is 11.1 Å². The molecule has 0 aromatic heterocycles. The molecule has 0 atom stereocenters. The number of nitrogens with zero attached hydrogens (tertiary/aromatic N) is 2. The summed E-state index contributed by atoms with van der Waals surface area (Å²) in [5.74, 6) is -0.293. The number of benzene rings is 2. The van der Waals surface area contributed by atoms with Gasteiger partial charge in [0, 0.05) is 28.3 Å². The van der Waals surface area contributed by atoms with Crippen molar-refractivity contribution in [3.05, 3.63) is 53.3 Å². The Morgan fingerprint density at radius 3 is 1.14 bits per heavy atom. The van der Waals surface area contributed by atoms with Crippen molar-refractivity contribution in [2.45, 2.75) is 0 Å². The summed E-state index contributed by atoms with van der Waals surface area (Å²) in [5.41, 5.74) is 15.9. The van der Waals surface area contributed by atoms with Crippen LogP contribution in [0.15, 0.2) is 52.4 Å². The van der Waals surface area contributed by atoms with E-state index in [4.69, 9.17) is 29.0 Å². The molecule has 0 aliphatic heterocycles. The molecule has 18 N–H and O–H groups in total. The molecular weight excluding hydrogens is 1010 g/mol. The van der Waals surface area contributed by atoms with Crippen molar-refractivity contribution in [1.29, 1.82) is 0 Å². The van der Waals surface area contributed by atoms with Crippen LogP contribution in [0, 0.1) is 0 Å². The van der Waals surface area contributed by atoms with E-state index < -0.39 is 10.4 Å². The van der Waals surface area contributed by atoms with Gasteiger partial charge >= 0.3 is 34.1 Å². The molecular formula is C16H24Br4Cu2N6O12S3. The molecule has 2 radical (unpaired) electrons. The molecule has 0 spiro atoms. The van der Waals surface area contributed by atoms with Crippen molar-refractivity contribution in [2.24, 2.45) is 21.7 Å². The zero-order chi connectivity index (χ0) is 27.3. The first-order valence-electron chi connectivity index (χ1n) is 8.17. The quantitative estimate of drug-likeness (QED) is 0.0582. The van der Waals surface area contributed by atoms with Crippen LogP contribution in [-0.4, -0.2) is 73.0 Å². The monoisotopic (exact) mass is 1030 g/mol. The summed E-state index contributed by atoms with van der Waals surface area (Å²) in [6.07, 6.45) is 2.72. The molecule has 43 heavy (non-hydrogen) atoms. The minimum Gasteiger partial charge on any atom is -0.871 e. The van der Waals surface area contributed by atoms with Crippen LogP contribution in [0.25, 0.3) is 0 Å². The Hall–Kier alpha value is -0.651. The van der Waals surface area contributed by atoms with E-state index in [9.17, 15) is 10.2 Å². The van der Waals surface area contributed by atoms with E-state index in [0.29, 0.717) is 20.1 Å². The van der Waals surface area contributed by atoms with Gasteiger partial charge in [-0.05, 0) is 59.8 Å². The Bertz CT molecular complexity index is 1170. The second kappa shape index (κ2) is 32.7. The first-order valence-corrected chi connectivity index (χ1v) is 13.5. The summed E-state index contributed by atoms with van der Waals surface area (Å²) in [7, 11) is -5.17. The molecule has 0 unspecified atom stereocenters. The number of rotatable bonds is 4. The Labute approximate surface area is 310 Å². The number of nitrogens with two attached hydrogens (primary N) is 2. The third-order valence-corrected chi connectivity index (χ3v) is 5.11. The fourth-order valence-corrected chi connectivity index (χ4v) is 4.31. The first kappa shape index (κ1) is 65.1.